The van der Waals surface area contributed by atoms with Crippen LogP contribution in [0.1, 0.15) is 18.4 Å². The first-order chi connectivity index (χ1) is 11.8. The van der Waals surface area contributed by atoms with E-state index in [1.807, 2.05) is 0 Å². The third-order valence-corrected chi connectivity index (χ3v) is 6.68. The minimum absolute atomic E-state index is 0.00336. The zero-order chi connectivity index (χ0) is 18.2. The van der Waals surface area contributed by atoms with Gasteiger partial charge in [0.2, 0.25) is 11.8 Å². The van der Waals surface area contributed by atoms with Crippen molar-refractivity contribution in [3.05, 3.63) is 35.6 Å². The van der Waals surface area contributed by atoms with Crippen LogP contribution in [0.5, 0.6) is 0 Å². The highest BCUT2D eigenvalue weighted by Crippen LogP contribution is 2.40. The average Bonchev–Trinajstić information content (AvgIpc) is 3.29. The zero-order valence-electron chi connectivity index (χ0n) is 13.9. The lowest BCUT2D eigenvalue weighted by Crippen LogP contribution is -2.39. The van der Waals surface area contributed by atoms with Crippen LogP contribution in [0.3, 0.4) is 0 Å². The molecule has 0 radical (unpaired) electrons. The lowest BCUT2D eigenvalue weighted by atomic mass is 10.2. The average molecular weight is 368 g/mol. The van der Waals surface area contributed by atoms with Crippen molar-refractivity contribution in [3.8, 4) is 0 Å². The Morgan fingerprint density at radius 1 is 1.24 bits per heavy atom. The highest BCUT2D eigenvalue weighted by molar-refractivity contribution is 7.91. The molecule has 1 aliphatic carbocycles. The Kier molecular flexibility index (Phi) is 4.81. The Bertz CT molecular complexity index is 778. The van der Waals surface area contributed by atoms with Crippen molar-refractivity contribution >= 4 is 21.7 Å². The van der Waals surface area contributed by atoms with E-state index in [0.29, 0.717) is 12.8 Å². The summed E-state index contributed by atoms with van der Waals surface area (Å²) in [4.78, 5) is 26.1. The predicted octanol–water partition coefficient (Wildman–Crippen LogP) is 0.724. The first-order valence-corrected chi connectivity index (χ1v) is 10.1. The van der Waals surface area contributed by atoms with Crippen molar-refractivity contribution in [2.75, 3.05) is 18.6 Å². The second kappa shape index (κ2) is 6.74. The van der Waals surface area contributed by atoms with Crippen LogP contribution in [0.15, 0.2) is 24.3 Å². The number of carbonyl (C=O) groups excluding carboxylic acids is 2. The van der Waals surface area contributed by atoms with Gasteiger partial charge in [0.15, 0.2) is 9.84 Å². The molecule has 136 valence electrons. The van der Waals surface area contributed by atoms with Gasteiger partial charge < -0.3 is 10.2 Å². The highest BCUT2D eigenvalue weighted by Gasteiger charge is 2.50. The van der Waals surface area contributed by atoms with E-state index in [-0.39, 0.29) is 53.6 Å². The van der Waals surface area contributed by atoms with Gasteiger partial charge in [0.1, 0.15) is 5.82 Å². The highest BCUT2D eigenvalue weighted by atomic mass is 32.2. The van der Waals surface area contributed by atoms with Gasteiger partial charge in [0.05, 0.1) is 23.3 Å². The van der Waals surface area contributed by atoms with E-state index in [1.54, 1.807) is 19.2 Å². The molecule has 1 aromatic rings. The molecular formula is C17H21FN2O4S. The van der Waals surface area contributed by atoms with Crippen LogP contribution in [0.2, 0.25) is 0 Å². The van der Waals surface area contributed by atoms with Gasteiger partial charge in [-0.3, -0.25) is 9.59 Å². The van der Waals surface area contributed by atoms with Gasteiger partial charge in [0.25, 0.3) is 0 Å². The number of carbonyl (C=O) groups is 2. The Morgan fingerprint density at radius 2 is 1.92 bits per heavy atom. The van der Waals surface area contributed by atoms with E-state index >= 15 is 0 Å². The Hall–Kier alpha value is -1.96. The van der Waals surface area contributed by atoms with Crippen LogP contribution >= 0.6 is 0 Å². The first-order valence-electron chi connectivity index (χ1n) is 8.26. The quantitative estimate of drug-likeness (QED) is 0.830. The maximum atomic E-state index is 12.8. The van der Waals surface area contributed by atoms with Crippen LogP contribution in [0.4, 0.5) is 4.39 Å². The maximum absolute atomic E-state index is 12.8. The van der Waals surface area contributed by atoms with Crippen molar-refractivity contribution in [1.29, 1.82) is 0 Å². The Balaban J connectivity index is 1.49. The molecule has 2 amide bonds. The molecular weight excluding hydrogens is 347 g/mol. The molecule has 1 saturated heterocycles. The fourth-order valence-corrected chi connectivity index (χ4v) is 4.98. The molecule has 2 aliphatic rings. The molecule has 3 atom stereocenters. The lowest BCUT2D eigenvalue weighted by Gasteiger charge is -2.23. The molecule has 1 saturated carbocycles. The second-order valence-corrected chi connectivity index (χ2v) is 9.03. The van der Waals surface area contributed by atoms with Crippen molar-refractivity contribution in [2.45, 2.75) is 25.4 Å². The van der Waals surface area contributed by atoms with Crippen molar-refractivity contribution in [3.63, 3.8) is 0 Å². The summed E-state index contributed by atoms with van der Waals surface area (Å²) < 4.78 is 35.9. The number of rotatable bonds is 5. The fourth-order valence-electron chi connectivity index (χ4n) is 3.20. The molecule has 0 aromatic heterocycles. The van der Waals surface area contributed by atoms with Crippen molar-refractivity contribution in [2.24, 2.45) is 11.8 Å². The summed E-state index contributed by atoms with van der Waals surface area (Å²) in [5, 5.41) is 2.76. The molecule has 1 aromatic carbocycles. The van der Waals surface area contributed by atoms with Crippen LogP contribution in [0.25, 0.3) is 0 Å². The van der Waals surface area contributed by atoms with Crippen molar-refractivity contribution in [1.82, 2.24) is 10.2 Å². The summed E-state index contributed by atoms with van der Waals surface area (Å²) in [6.45, 7) is 0.285. The summed E-state index contributed by atoms with van der Waals surface area (Å²) in [5.74, 6) is -1.32. The Labute approximate surface area is 146 Å². The molecule has 6 nitrogen and oxygen atoms in total. The van der Waals surface area contributed by atoms with Crippen LogP contribution in [0, 0.1) is 17.7 Å². The number of amides is 2. The van der Waals surface area contributed by atoms with Gasteiger partial charge in [-0.15, -0.1) is 0 Å². The number of nitrogens with one attached hydrogen (secondary N) is 1. The monoisotopic (exact) mass is 368 g/mol. The lowest BCUT2D eigenvalue weighted by molar-refractivity contribution is -0.135. The normalized spacial score (nSPS) is 26.9. The zero-order valence-corrected chi connectivity index (χ0v) is 14.8. The number of hydrogen-bond donors (Lipinski definition) is 1. The number of sulfone groups is 1. The molecule has 8 heteroatoms. The summed E-state index contributed by atoms with van der Waals surface area (Å²) in [5.41, 5.74) is 0.784. The molecule has 3 unspecified atom stereocenters. The maximum Gasteiger partial charge on any atom is 0.226 e. The standard InChI is InChI=1S/C17H21FN2O4S/c1-20(13-6-7-25(23,24)10-13)17(22)15-8-14(15)16(21)19-9-11-2-4-12(18)5-3-11/h2-5,13-15H,6-10H2,1H3,(H,19,21). The van der Waals surface area contributed by atoms with Crippen molar-refractivity contribution < 1.29 is 22.4 Å². The van der Waals surface area contributed by atoms with Crippen LogP contribution < -0.4 is 5.32 Å². The van der Waals surface area contributed by atoms with Gasteiger partial charge in [0, 0.05) is 19.6 Å². The van der Waals surface area contributed by atoms with Crippen LogP contribution in [-0.2, 0) is 26.0 Å². The molecule has 25 heavy (non-hydrogen) atoms. The summed E-state index contributed by atoms with van der Waals surface area (Å²) in [6.07, 6.45) is 0.941. The molecule has 1 N–H and O–H groups in total. The van der Waals surface area contributed by atoms with E-state index in [2.05, 4.69) is 5.32 Å². The van der Waals surface area contributed by atoms with E-state index in [9.17, 15) is 22.4 Å². The fraction of sp³-hybridized carbons (Fsp3) is 0.529. The van der Waals surface area contributed by atoms with Gasteiger partial charge in [-0.25, -0.2) is 12.8 Å². The summed E-state index contributed by atoms with van der Waals surface area (Å²) >= 11 is 0. The summed E-state index contributed by atoms with van der Waals surface area (Å²) in [6, 6.07) is 5.56. The number of halogens is 1. The molecule has 1 aliphatic heterocycles. The minimum Gasteiger partial charge on any atom is -0.352 e. The molecule has 1 heterocycles. The molecule has 0 bridgehead atoms. The third kappa shape index (κ3) is 4.18. The van der Waals surface area contributed by atoms with E-state index < -0.39 is 9.84 Å². The summed E-state index contributed by atoms with van der Waals surface area (Å²) in [7, 11) is -1.44. The first kappa shape index (κ1) is 17.8. The molecule has 2 fully saturated rings. The Morgan fingerprint density at radius 3 is 2.52 bits per heavy atom. The predicted molar refractivity (Wildman–Crippen MR) is 89.7 cm³/mol. The van der Waals surface area contributed by atoms with E-state index in [1.165, 1.54) is 17.0 Å². The number of nitrogens with zero attached hydrogens (tertiary/aromatic N) is 1. The largest absolute Gasteiger partial charge is 0.352 e. The number of hydrogen-bond acceptors (Lipinski definition) is 4. The van der Waals surface area contributed by atoms with E-state index in [4.69, 9.17) is 0 Å². The second-order valence-electron chi connectivity index (χ2n) is 6.80. The minimum atomic E-state index is -3.05. The SMILES string of the molecule is CN(C(=O)C1CC1C(=O)NCc1ccc(F)cc1)C1CCS(=O)(=O)C1. The van der Waals surface area contributed by atoms with Gasteiger partial charge in [-0.05, 0) is 30.5 Å². The molecule has 0 spiro atoms. The van der Waals surface area contributed by atoms with Gasteiger partial charge in [-0.1, -0.05) is 12.1 Å². The topological polar surface area (TPSA) is 83.6 Å². The van der Waals surface area contributed by atoms with Gasteiger partial charge >= 0.3 is 0 Å². The molecule has 3 rings (SSSR count). The number of benzene rings is 1. The smallest absolute Gasteiger partial charge is 0.226 e. The van der Waals surface area contributed by atoms with Crippen LogP contribution in [-0.4, -0.2) is 49.7 Å². The van der Waals surface area contributed by atoms with E-state index in [0.717, 1.165) is 5.56 Å². The van der Waals surface area contributed by atoms with Gasteiger partial charge in [-0.2, -0.15) is 0 Å². The third-order valence-electron chi connectivity index (χ3n) is 4.93.